The van der Waals surface area contributed by atoms with E-state index in [4.69, 9.17) is 0 Å². The lowest BCUT2D eigenvalue weighted by atomic mass is 10.0. The van der Waals surface area contributed by atoms with E-state index < -0.39 is 6.10 Å². The highest BCUT2D eigenvalue weighted by molar-refractivity contribution is 5.96. The predicted octanol–water partition coefficient (Wildman–Crippen LogP) is 3.76. The molecule has 2 rings (SSSR count). The molecule has 0 saturated carbocycles. The molecule has 4 nitrogen and oxygen atoms in total. The van der Waals surface area contributed by atoms with Gasteiger partial charge in [-0.15, -0.1) is 0 Å². The second kappa shape index (κ2) is 9.25. The molecule has 1 N–H and O–H groups in total. The number of ketones is 1. The predicted molar refractivity (Wildman–Crippen MR) is 98.2 cm³/mol. The minimum absolute atomic E-state index is 0.113. The van der Waals surface area contributed by atoms with Gasteiger partial charge in [-0.1, -0.05) is 30.3 Å². The van der Waals surface area contributed by atoms with Gasteiger partial charge in [0.15, 0.2) is 5.78 Å². The van der Waals surface area contributed by atoms with Crippen LogP contribution in [0.4, 0.5) is 4.39 Å². The van der Waals surface area contributed by atoms with E-state index in [0.29, 0.717) is 12.0 Å². The first-order valence-corrected chi connectivity index (χ1v) is 8.67. The van der Waals surface area contributed by atoms with E-state index in [1.165, 1.54) is 29.2 Å². The van der Waals surface area contributed by atoms with Crippen molar-refractivity contribution in [3.05, 3.63) is 71.5 Å². The summed E-state index contributed by atoms with van der Waals surface area (Å²) in [5, 5.41) is 10.4. The lowest BCUT2D eigenvalue weighted by Crippen LogP contribution is -2.39. The zero-order valence-electron chi connectivity index (χ0n) is 15.1. The minimum Gasteiger partial charge on any atom is -0.386 e. The fourth-order valence-electron chi connectivity index (χ4n) is 2.72. The highest BCUT2D eigenvalue weighted by Crippen LogP contribution is 2.20. The lowest BCUT2D eigenvalue weighted by molar-refractivity contribution is -0.134. The molecule has 0 fully saturated rings. The van der Waals surface area contributed by atoms with Crippen molar-refractivity contribution in [2.45, 2.75) is 38.3 Å². The summed E-state index contributed by atoms with van der Waals surface area (Å²) in [5.74, 6) is -0.624. The van der Waals surface area contributed by atoms with Crippen LogP contribution in [0.15, 0.2) is 54.6 Å². The number of halogens is 1. The summed E-state index contributed by atoms with van der Waals surface area (Å²) in [4.78, 5) is 25.9. The zero-order chi connectivity index (χ0) is 19.1. The topological polar surface area (TPSA) is 57.6 Å². The first-order chi connectivity index (χ1) is 12.4. The Kier molecular flexibility index (Phi) is 7.04. The van der Waals surface area contributed by atoms with Gasteiger partial charge in [-0.2, -0.15) is 0 Å². The maximum absolute atomic E-state index is 12.9. The van der Waals surface area contributed by atoms with Crippen molar-refractivity contribution in [2.24, 2.45) is 0 Å². The van der Waals surface area contributed by atoms with Gasteiger partial charge in [0, 0.05) is 25.5 Å². The molecule has 0 radical (unpaired) electrons. The van der Waals surface area contributed by atoms with Crippen LogP contribution in [0, 0.1) is 5.82 Å². The second-order valence-electron chi connectivity index (χ2n) is 6.38. The number of benzene rings is 2. The highest BCUT2D eigenvalue weighted by Gasteiger charge is 2.23. The molecule has 0 spiro atoms. The number of hydrogen-bond donors (Lipinski definition) is 1. The van der Waals surface area contributed by atoms with Crippen LogP contribution in [-0.2, 0) is 4.79 Å². The van der Waals surface area contributed by atoms with Crippen molar-refractivity contribution in [3.8, 4) is 0 Å². The number of nitrogens with zero attached hydrogens (tertiary/aromatic N) is 1. The summed E-state index contributed by atoms with van der Waals surface area (Å²) < 4.78 is 12.9. The minimum atomic E-state index is -0.772. The normalized spacial score (nSPS) is 13.1. The maximum Gasteiger partial charge on any atom is 0.222 e. The molecule has 0 bridgehead atoms. The van der Waals surface area contributed by atoms with Crippen molar-refractivity contribution >= 4 is 11.7 Å². The Hall–Kier alpha value is -2.53. The van der Waals surface area contributed by atoms with Crippen LogP contribution in [0.1, 0.15) is 48.2 Å². The monoisotopic (exact) mass is 357 g/mol. The number of aliphatic hydroxyl groups is 1. The summed E-state index contributed by atoms with van der Waals surface area (Å²) in [6.45, 7) is 1.79. The molecule has 26 heavy (non-hydrogen) atoms. The number of Topliss-reactive ketones (excluding diaryl/α,β-unsaturated/α-hetero) is 1. The van der Waals surface area contributed by atoms with Crippen LogP contribution in [0.5, 0.6) is 0 Å². The fourth-order valence-corrected chi connectivity index (χ4v) is 2.72. The van der Waals surface area contributed by atoms with Gasteiger partial charge in [-0.25, -0.2) is 4.39 Å². The van der Waals surface area contributed by atoms with E-state index in [1.807, 2.05) is 30.3 Å². The smallest absolute Gasteiger partial charge is 0.222 e. The van der Waals surface area contributed by atoms with Crippen LogP contribution in [0.2, 0.25) is 0 Å². The second-order valence-corrected chi connectivity index (χ2v) is 6.38. The number of carbonyl (C=O) groups is 2. The third-order valence-corrected chi connectivity index (χ3v) is 4.56. The van der Waals surface area contributed by atoms with Crippen molar-refractivity contribution in [2.75, 3.05) is 7.05 Å². The molecule has 2 aromatic rings. The largest absolute Gasteiger partial charge is 0.386 e. The Bertz CT molecular complexity index is 731. The quantitative estimate of drug-likeness (QED) is 0.732. The SMILES string of the molecule is CC(C(O)c1ccccc1)N(C)C(=O)CCCC(=O)c1ccc(F)cc1. The molecule has 0 saturated heterocycles. The van der Waals surface area contributed by atoms with Crippen molar-refractivity contribution in [1.29, 1.82) is 0 Å². The molecule has 0 aromatic heterocycles. The number of amides is 1. The van der Waals surface area contributed by atoms with E-state index in [2.05, 4.69) is 0 Å². The molecule has 2 atom stereocenters. The van der Waals surface area contributed by atoms with Crippen molar-refractivity contribution in [3.63, 3.8) is 0 Å². The van der Waals surface area contributed by atoms with Gasteiger partial charge in [-0.05, 0) is 43.2 Å². The Morgan fingerprint density at radius 1 is 1.04 bits per heavy atom. The molecule has 138 valence electrons. The maximum atomic E-state index is 12.9. The standard InChI is InChI=1S/C21H24FNO3/c1-15(21(26)17-7-4-3-5-8-17)23(2)20(25)10-6-9-19(24)16-11-13-18(22)14-12-16/h3-5,7-8,11-15,21,26H,6,9-10H2,1-2H3. The van der Waals surface area contributed by atoms with Crippen LogP contribution in [0.3, 0.4) is 0 Å². The molecule has 0 aliphatic rings. The van der Waals surface area contributed by atoms with Crippen molar-refractivity contribution in [1.82, 2.24) is 4.90 Å². The van der Waals surface area contributed by atoms with Gasteiger partial charge in [0.2, 0.25) is 5.91 Å². The van der Waals surface area contributed by atoms with Gasteiger partial charge >= 0.3 is 0 Å². The molecular weight excluding hydrogens is 333 g/mol. The van der Waals surface area contributed by atoms with Gasteiger partial charge in [0.1, 0.15) is 5.82 Å². The molecule has 0 aliphatic heterocycles. The summed E-state index contributed by atoms with van der Waals surface area (Å²) in [6, 6.07) is 14.2. The number of aliphatic hydroxyl groups excluding tert-OH is 1. The Morgan fingerprint density at radius 3 is 2.27 bits per heavy atom. The molecule has 1 amide bonds. The number of carbonyl (C=O) groups excluding carboxylic acids is 2. The van der Waals surface area contributed by atoms with E-state index >= 15 is 0 Å². The van der Waals surface area contributed by atoms with Crippen LogP contribution in [-0.4, -0.2) is 34.8 Å². The summed E-state index contributed by atoms with van der Waals surface area (Å²) in [7, 11) is 1.65. The molecular formula is C21H24FNO3. The van der Waals surface area contributed by atoms with Crippen LogP contribution >= 0.6 is 0 Å². The molecule has 0 heterocycles. The Balaban J connectivity index is 1.83. The lowest BCUT2D eigenvalue weighted by Gasteiger charge is -2.29. The average molecular weight is 357 g/mol. The Morgan fingerprint density at radius 2 is 1.65 bits per heavy atom. The first-order valence-electron chi connectivity index (χ1n) is 8.67. The summed E-state index contributed by atoms with van der Waals surface area (Å²) in [5.41, 5.74) is 1.20. The van der Waals surface area contributed by atoms with Gasteiger partial charge in [-0.3, -0.25) is 9.59 Å². The van der Waals surface area contributed by atoms with Crippen molar-refractivity contribution < 1.29 is 19.1 Å². The van der Waals surface area contributed by atoms with Gasteiger partial charge in [0.05, 0.1) is 12.1 Å². The highest BCUT2D eigenvalue weighted by atomic mass is 19.1. The van der Waals surface area contributed by atoms with E-state index in [0.717, 1.165) is 5.56 Å². The van der Waals surface area contributed by atoms with Crippen LogP contribution < -0.4 is 0 Å². The van der Waals surface area contributed by atoms with Gasteiger partial charge < -0.3 is 10.0 Å². The molecule has 2 unspecified atom stereocenters. The third-order valence-electron chi connectivity index (χ3n) is 4.56. The average Bonchev–Trinajstić information content (AvgIpc) is 2.67. The summed E-state index contributed by atoms with van der Waals surface area (Å²) >= 11 is 0. The Labute approximate surface area is 153 Å². The number of rotatable bonds is 8. The van der Waals surface area contributed by atoms with E-state index in [9.17, 15) is 19.1 Å². The van der Waals surface area contributed by atoms with Crippen LogP contribution in [0.25, 0.3) is 0 Å². The number of likely N-dealkylation sites (N-methyl/N-ethyl adjacent to an activating group) is 1. The molecule has 2 aromatic carbocycles. The zero-order valence-corrected chi connectivity index (χ0v) is 15.1. The number of hydrogen-bond acceptors (Lipinski definition) is 3. The first kappa shape index (κ1) is 19.8. The van der Waals surface area contributed by atoms with Gasteiger partial charge in [0.25, 0.3) is 0 Å². The fraction of sp³-hybridized carbons (Fsp3) is 0.333. The van der Waals surface area contributed by atoms with E-state index in [-0.39, 0.29) is 36.4 Å². The molecule has 5 heteroatoms. The summed E-state index contributed by atoms with van der Waals surface area (Å²) in [6.07, 6.45) is 0.0786. The third kappa shape index (κ3) is 5.23. The molecule has 0 aliphatic carbocycles. The van der Waals surface area contributed by atoms with E-state index in [1.54, 1.807) is 14.0 Å².